The standard InChI is InChI=1S/C34H46Cl2N8O3S/c1-5-47-33(46)32-30(25-16-38-27(17-37-25)43-13-11-42(12-14-43)20-23-7-6-9-41(4)19-23)40-34(48-32)44-10-8-24(21(2)18-44)15-26(45)31-29(36)28(35)22(3)39-31/h16-17,21,23-24,39H,5-15,18-20H2,1-4H3/t21-,23?,24-/m0/s1. The summed E-state index contributed by atoms with van der Waals surface area (Å²) in [4.78, 5) is 53.6. The topological polar surface area (TPSA) is 111 Å². The third kappa shape index (κ3) is 7.83. The molecule has 1 unspecified atom stereocenters. The highest BCUT2D eigenvalue weighted by Gasteiger charge is 2.33. The van der Waals surface area contributed by atoms with Crippen molar-refractivity contribution in [1.82, 2.24) is 29.7 Å². The van der Waals surface area contributed by atoms with Crippen molar-refractivity contribution in [2.24, 2.45) is 17.8 Å². The van der Waals surface area contributed by atoms with Gasteiger partial charge < -0.3 is 24.4 Å². The van der Waals surface area contributed by atoms with Gasteiger partial charge in [-0.15, -0.1) is 0 Å². The first-order chi connectivity index (χ1) is 23.1. The quantitative estimate of drug-likeness (QED) is 0.201. The largest absolute Gasteiger partial charge is 0.462 e. The maximum atomic E-state index is 13.1. The lowest BCUT2D eigenvalue weighted by molar-refractivity contribution is 0.0532. The first kappa shape index (κ1) is 35.1. The second-order valence-electron chi connectivity index (χ2n) is 13.6. The molecule has 48 heavy (non-hydrogen) atoms. The number of carbonyl (C=O) groups is 2. The number of anilines is 2. The molecular weight excluding hydrogens is 671 g/mol. The monoisotopic (exact) mass is 716 g/mol. The zero-order valence-corrected chi connectivity index (χ0v) is 30.6. The van der Waals surface area contributed by atoms with Crippen molar-refractivity contribution in [3.05, 3.63) is 38.7 Å². The number of halogens is 2. The van der Waals surface area contributed by atoms with E-state index in [0.29, 0.717) is 57.2 Å². The summed E-state index contributed by atoms with van der Waals surface area (Å²) < 4.78 is 5.41. The number of ketones is 1. The number of hydrogen-bond acceptors (Lipinski definition) is 11. The highest BCUT2D eigenvalue weighted by Crippen LogP contribution is 2.38. The number of thiazole rings is 1. The number of likely N-dealkylation sites (tertiary alicyclic amines) is 1. The Hall–Kier alpha value is -2.77. The highest BCUT2D eigenvalue weighted by atomic mass is 35.5. The molecular formula is C34H46Cl2N8O3S. The number of nitrogens with zero attached hydrogens (tertiary/aromatic N) is 7. The summed E-state index contributed by atoms with van der Waals surface area (Å²) in [6, 6.07) is 0. The molecule has 3 aliphatic heterocycles. The van der Waals surface area contributed by atoms with Crippen molar-refractivity contribution in [2.75, 3.05) is 82.4 Å². The Morgan fingerprint density at radius 2 is 1.81 bits per heavy atom. The van der Waals surface area contributed by atoms with Gasteiger partial charge in [0.1, 0.15) is 27.8 Å². The molecule has 6 heterocycles. The molecule has 14 heteroatoms. The lowest BCUT2D eigenvalue weighted by Gasteiger charge is -2.38. The van der Waals surface area contributed by atoms with Gasteiger partial charge in [-0.3, -0.25) is 9.69 Å². The Bertz CT molecular complexity index is 1590. The maximum Gasteiger partial charge on any atom is 0.350 e. The van der Waals surface area contributed by atoms with Gasteiger partial charge >= 0.3 is 5.97 Å². The molecule has 3 aromatic heterocycles. The van der Waals surface area contributed by atoms with Crippen molar-refractivity contribution < 1.29 is 14.3 Å². The molecule has 3 saturated heterocycles. The normalized spacial score (nSPS) is 22.7. The van der Waals surface area contributed by atoms with Crippen LogP contribution in [0.5, 0.6) is 0 Å². The van der Waals surface area contributed by atoms with Gasteiger partial charge in [0, 0.05) is 64.5 Å². The molecule has 11 nitrogen and oxygen atoms in total. The number of piperidine rings is 2. The van der Waals surface area contributed by atoms with Crippen molar-refractivity contribution in [1.29, 1.82) is 0 Å². The average Bonchev–Trinajstić information content (AvgIpc) is 3.64. The van der Waals surface area contributed by atoms with E-state index in [-0.39, 0.29) is 24.2 Å². The summed E-state index contributed by atoms with van der Waals surface area (Å²) in [7, 11) is 2.23. The predicted molar refractivity (Wildman–Crippen MR) is 192 cm³/mol. The summed E-state index contributed by atoms with van der Waals surface area (Å²) in [5.41, 5.74) is 2.12. The smallest absolute Gasteiger partial charge is 0.350 e. The van der Waals surface area contributed by atoms with E-state index in [0.717, 1.165) is 56.0 Å². The van der Waals surface area contributed by atoms with Crippen LogP contribution in [0, 0.1) is 24.7 Å². The van der Waals surface area contributed by atoms with Crippen molar-refractivity contribution in [3.8, 4) is 11.4 Å². The Labute approximate surface area is 297 Å². The summed E-state index contributed by atoms with van der Waals surface area (Å²) in [5, 5.41) is 1.43. The number of esters is 1. The van der Waals surface area contributed by atoms with Gasteiger partial charge in [0.25, 0.3) is 0 Å². The minimum atomic E-state index is -0.410. The minimum absolute atomic E-state index is 0.0298. The first-order valence-corrected chi connectivity index (χ1v) is 18.7. The van der Waals surface area contributed by atoms with E-state index in [1.807, 2.05) is 0 Å². The van der Waals surface area contributed by atoms with E-state index in [9.17, 15) is 9.59 Å². The molecule has 3 atom stereocenters. The lowest BCUT2D eigenvalue weighted by atomic mass is 9.83. The first-order valence-electron chi connectivity index (χ1n) is 17.1. The van der Waals surface area contributed by atoms with Crippen LogP contribution in [-0.2, 0) is 4.74 Å². The van der Waals surface area contributed by atoms with Gasteiger partial charge in [-0.25, -0.2) is 19.7 Å². The van der Waals surface area contributed by atoms with Crippen LogP contribution in [-0.4, -0.2) is 114 Å². The minimum Gasteiger partial charge on any atom is -0.462 e. The number of piperazine rings is 1. The number of aromatic nitrogens is 4. The van der Waals surface area contributed by atoms with E-state index < -0.39 is 5.97 Å². The van der Waals surface area contributed by atoms with Gasteiger partial charge in [-0.1, -0.05) is 41.5 Å². The number of carbonyl (C=O) groups excluding carboxylic acids is 2. The zero-order valence-electron chi connectivity index (χ0n) is 28.3. The number of ether oxygens (including phenoxy) is 1. The van der Waals surface area contributed by atoms with Crippen LogP contribution in [0.25, 0.3) is 11.4 Å². The predicted octanol–water partition coefficient (Wildman–Crippen LogP) is 5.92. The molecule has 0 amide bonds. The van der Waals surface area contributed by atoms with E-state index in [1.165, 1.54) is 37.3 Å². The molecule has 0 aliphatic carbocycles. The van der Waals surface area contributed by atoms with E-state index in [4.69, 9.17) is 42.9 Å². The second kappa shape index (κ2) is 15.4. The number of H-pyrrole nitrogens is 1. The van der Waals surface area contributed by atoms with Crippen LogP contribution in [0.15, 0.2) is 12.4 Å². The molecule has 1 N–H and O–H groups in total. The van der Waals surface area contributed by atoms with Gasteiger partial charge in [0.05, 0.1) is 29.0 Å². The fourth-order valence-electron chi connectivity index (χ4n) is 7.28. The van der Waals surface area contributed by atoms with Crippen LogP contribution in [0.2, 0.25) is 10.0 Å². The Balaban J connectivity index is 1.10. The molecule has 0 saturated carbocycles. The highest BCUT2D eigenvalue weighted by molar-refractivity contribution is 7.17. The summed E-state index contributed by atoms with van der Waals surface area (Å²) in [6.45, 7) is 14.9. The summed E-state index contributed by atoms with van der Waals surface area (Å²) in [5.74, 6) is 1.56. The summed E-state index contributed by atoms with van der Waals surface area (Å²) >= 11 is 13.8. The number of aryl methyl sites for hydroxylation is 1. The molecule has 6 rings (SSSR count). The maximum absolute atomic E-state index is 13.1. The molecule has 3 aliphatic rings. The zero-order chi connectivity index (χ0) is 33.9. The SMILES string of the molecule is CCOC(=O)c1sc(N2CC[C@@H](CC(=O)c3[nH]c(C)c(Cl)c3Cl)[C@@H](C)C2)nc1-c1cnc(N2CCN(CC3CCCN(C)C3)CC2)cn1. The third-order valence-electron chi connectivity index (χ3n) is 10.0. The molecule has 3 fully saturated rings. The van der Waals surface area contributed by atoms with Crippen LogP contribution < -0.4 is 9.80 Å². The van der Waals surface area contributed by atoms with E-state index in [1.54, 1.807) is 26.2 Å². The fraction of sp³-hybridized carbons (Fsp3) is 0.618. The van der Waals surface area contributed by atoms with Gasteiger partial charge in [-0.2, -0.15) is 0 Å². The van der Waals surface area contributed by atoms with Crippen molar-refractivity contribution >= 4 is 57.2 Å². The van der Waals surface area contributed by atoms with Gasteiger partial charge in [0.15, 0.2) is 10.9 Å². The molecule has 0 aromatic carbocycles. The molecule has 0 spiro atoms. The third-order valence-corrected chi connectivity index (χ3v) is 12.1. The van der Waals surface area contributed by atoms with Gasteiger partial charge in [-0.05, 0) is 64.5 Å². The van der Waals surface area contributed by atoms with Crippen molar-refractivity contribution in [2.45, 2.75) is 46.5 Å². The number of rotatable bonds is 10. The van der Waals surface area contributed by atoms with Crippen LogP contribution in [0.1, 0.15) is 65.4 Å². The Kier molecular flexibility index (Phi) is 11.3. The van der Waals surface area contributed by atoms with Crippen LogP contribution in [0.4, 0.5) is 10.9 Å². The van der Waals surface area contributed by atoms with Crippen LogP contribution in [0.3, 0.4) is 0 Å². The molecule has 260 valence electrons. The number of aromatic amines is 1. The Morgan fingerprint density at radius 1 is 1.02 bits per heavy atom. The number of hydrogen-bond donors (Lipinski definition) is 1. The lowest BCUT2D eigenvalue weighted by Crippen LogP contribution is -2.49. The van der Waals surface area contributed by atoms with E-state index in [2.05, 4.69) is 38.6 Å². The number of nitrogens with one attached hydrogen (secondary N) is 1. The number of Topliss-reactive ketones (excluding diaryl/α,β-unsaturated/α-hetero) is 1. The van der Waals surface area contributed by atoms with Crippen LogP contribution >= 0.6 is 34.5 Å². The second-order valence-corrected chi connectivity index (χ2v) is 15.3. The molecule has 0 bridgehead atoms. The molecule has 0 radical (unpaired) electrons. The average molecular weight is 718 g/mol. The molecule has 3 aromatic rings. The van der Waals surface area contributed by atoms with E-state index >= 15 is 0 Å². The Morgan fingerprint density at radius 3 is 2.46 bits per heavy atom. The van der Waals surface area contributed by atoms with Gasteiger partial charge in [0.2, 0.25) is 0 Å². The summed E-state index contributed by atoms with van der Waals surface area (Å²) in [6.07, 6.45) is 7.33. The fourth-order valence-corrected chi connectivity index (χ4v) is 8.72. The van der Waals surface area contributed by atoms with Crippen molar-refractivity contribution in [3.63, 3.8) is 0 Å².